The molecule has 30 heavy (non-hydrogen) atoms. The lowest BCUT2D eigenvalue weighted by Crippen LogP contribution is -2.33. The number of nitrogens with zero attached hydrogens (tertiary/aromatic N) is 4. The Morgan fingerprint density at radius 1 is 1.33 bits per heavy atom. The molecular formula is C21H21FN4O4. The summed E-state index contributed by atoms with van der Waals surface area (Å²) in [5, 5.41) is 10.4. The van der Waals surface area contributed by atoms with Crippen molar-refractivity contribution in [3.05, 3.63) is 63.8 Å². The van der Waals surface area contributed by atoms with Crippen LogP contribution in [0, 0.1) is 5.82 Å². The lowest BCUT2D eigenvalue weighted by molar-refractivity contribution is -0.129. The smallest absolute Gasteiger partial charge is 0.296 e. The summed E-state index contributed by atoms with van der Waals surface area (Å²) < 4.78 is 20.1. The van der Waals surface area contributed by atoms with E-state index in [1.807, 2.05) is 0 Å². The molecule has 1 aliphatic rings. The van der Waals surface area contributed by atoms with Gasteiger partial charge in [0, 0.05) is 26.9 Å². The van der Waals surface area contributed by atoms with Gasteiger partial charge in [-0.2, -0.15) is 0 Å². The van der Waals surface area contributed by atoms with E-state index < -0.39 is 11.3 Å². The lowest BCUT2D eigenvalue weighted by atomic mass is 10.1. The van der Waals surface area contributed by atoms with Crippen LogP contribution in [0.3, 0.4) is 0 Å². The van der Waals surface area contributed by atoms with E-state index in [4.69, 9.17) is 4.42 Å². The number of carbonyl (C=O) groups is 1. The molecule has 1 aliphatic heterocycles. The Hall–Kier alpha value is -3.49. The van der Waals surface area contributed by atoms with Crippen LogP contribution in [-0.4, -0.2) is 37.0 Å². The molecule has 0 aliphatic carbocycles. The summed E-state index contributed by atoms with van der Waals surface area (Å²) in [5.74, 6) is -0.130. The van der Waals surface area contributed by atoms with E-state index in [0.717, 1.165) is 12.0 Å². The van der Waals surface area contributed by atoms with Crippen molar-refractivity contribution in [3.63, 3.8) is 0 Å². The third kappa shape index (κ3) is 3.58. The molecule has 0 bridgehead atoms. The van der Waals surface area contributed by atoms with Crippen LogP contribution in [0.4, 0.5) is 4.39 Å². The zero-order chi connectivity index (χ0) is 21.4. The second kappa shape index (κ2) is 7.74. The van der Waals surface area contributed by atoms with Gasteiger partial charge >= 0.3 is 0 Å². The summed E-state index contributed by atoms with van der Waals surface area (Å²) in [6.45, 7) is 2.07. The molecule has 0 saturated carbocycles. The minimum Gasteiger partial charge on any atom is -0.501 e. The van der Waals surface area contributed by atoms with E-state index in [2.05, 4.69) is 9.97 Å². The quantitative estimate of drug-likeness (QED) is 0.707. The number of amides is 1. The van der Waals surface area contributed by atoms with Gasteiger partial charge in [-0.1, -0.05) is 12.1 Å². The highest BCUT2D eigenvalue weighted by Crippen LogP contribution is 2.33. The average molecular weight is 412 g/mol. The number of rotatable bonds is 4. The standard InChI is InChI=1S/C21H21FN4O4/c1-12(27)26-9-3-4-16(26)19-24-17(18(28)21(29)25(19)2)20-23-11-15(30-20)10-13-5-7-14(22)8-6-13/h5-8,11,16,28H,3-4,9-10H2,1-2H3/t16-/m0/s1. The molecule has 156 valence electrons. The van der Waals surface area contributed by atoms with Crippen LogP contribution in [0.15, 0.2) is 39.7 Å². The molecule has 1 N–H and O–H groups in total. The van der Waals surface area contributed by atoms with Gasteiger partial charge in [0.2, 0.25) is 17.5 Å². The normalized spacial score (nSPS) is 16.2. The van der Waals surface area contributed by atoms with E-state index >= 15 is 0 Å². The molecule has 1 aromatic carbocycles. The first-order valence-electron chi connectivity index (χ1n) is 9.61. The number of halogens is 1. The molecule has 0 radical (unpaired) electrons. The van der Waals surface area contributed by atoms with E-state index in [-0.39, 0.29) is 29.4 Å². The molecule has 1 atom stereocenters. The van der Waals surface area contributed by atoms with Crippen molar-refractivity contribution in [2.24, 2.45) is 7.05 Å². The number of carbonyl (C=O) groups excluding carboxylic acids is 1. The van der Waals surface area contributed by atoms with E-state index in [0.29, 0.717) is 31.0 Å². The van der Waals surface area contributed by atoms with Gasteiger partial charge in [-0.15, -0.1) is 0 Å². The summed E-state index contributed by atoms with van der Waals surface area (Å²) >= 11 is 0. The number of aromatic hydroxyl groups is 1. The van der Waals surface area contributed by atoms with Crippen molar-refractivity contribution < 1.29 is 18.7 Å². The van der Waals surface area contributed by atoms with Gasteiger partial charge in [-0.3, -0.25) is 14.2 Å². The SMILES string of the molecule is CC(=O)N1CCC[C@H]1c1nc(-c2ncc(Cc3ccc(F)cc3)o2)c(O)c(=O)n1C. The number of oxazole rings is 1. The Morgan fingerprint density at radius 2 is 2.07 bits per heavy atom. The van der Waals surface area contributed by atoms with Crippen molar-refractivity contribution in [2.75, 3.05) is 6.54 Å². The van der Waals surface area contributed by atoms with Crippen LogP contribution in [0.2, 0.25) is 0 Å². The molecule has 0 unspecified atom stereocenters. The number of aromatic nitrogens is 3. The molecule has 2 aromatic heterocycles. The summed E-state index contributed by atoms with van der Waals surface area (Å²) in [5.41, 5.74) is 0.126. The van der Waals surface area contributed by atoms with Crippen LogP contribution in [0.25, 0.3) is 11.6 Å². The van der Waals surface area contributed by atoms with Crippen LogP contribution < -0.4 is 5.56 Å². The third-order valence-corrected chi connectivity index (χ3v) is 5.30. The van der Waals surface area contributed by atoms with E-state index in [1.54, 1.807) is 17.0 Å². The van der Waals surface area contributed by atoms with Gasteiger partial charge in [0.15, 0.2) is 5.69 Å². The first-order valence-corrected chi connectivity index (χ1v) is 9.61. The Labute approximate surface area is 171 Å². The fourth-order valence-corrected chi connectivity index (χ4v) is 3.77. The first-order chi connectivity index (χ1) is 14.3. The molecule has 3 aromatic rings. The summed E-state index contributed by atoms with van der Waals surface area (Å²) in [6, 6.07) is 5.64. The highest BCUT2D eigenvalue weighted by molar-refractivity contribution is 5.74. The Balaban J connectivity index is 1.70. The van der Waals surface area contributed by atoms with Gasteiger partial charge < -0.3 is 14.4 Å². The van der Waals surface area contributed by atoms with Gasteiger partial charge in [-0.05, 0) is 30.5 Å². The zero-order valence-electron chi connectivity index (χ0n) is 16.6. The molecular weight excluding hydrogens is 391 g/mol. The van der Waals surface area contributed by atoms with Gasteiger partial charge in [0.05, 0.1) is 12.2 Å². The molecule has 9 heteroatoms. The van der Waals surface area contributed by atoms with E-state index in [9.17, 15) is 19.1 Å². The topological polar surface area (TPSA) is 101 Å². The summed E-state index contributed by atoms with van der Waals surface area (Å²) in [6.07, 6.45) is 3.32. The highest BCUT2D eigenvalue weighted by atomic mass is 19.1. The van der Waals surface area contributed by atoms with Crippen LogP contribution in [0.1, 0.15) is 43.0 Å². The number of likely N-dealkylation sites (tertiary alicyclic amines) is 1. The van der Waals surface area contributed by atoms with Crippen molar-refractivity contribution in [3.8, 4) is 17.3 Å². The molecule has 4 rings (SSSR count). The average Bonchev–Trinajstić information content (AvgIpc) is 3.38. The Morgan fingerprint density at radius 3 is 2.77 bits per heavy atom. The van der Waals surface area contributed by atoms with Crippen LogP contribution >= 0.6 is 0 Å². The molecule has 1 saturated heterocycles. The summed E-state index contributed by atoms with van der Waals surface area (Å²) in [7, 11) is 1.51. The minimum absolute atomic E-state index is 0.0101. The molecule has 3 heterocycles. The molecule has 1 amide bonds. The van der Waals surface area contributed by atoms with E-state index in [1.165, 1.54) is 36.9 Å². The predicted molar refractivity (Wildman–Crippen MR) is 105 cm³/mol. The van der Waals surface area contributed by atoms with Gasteiger partial charge in [0.1, 0.15) is 17.4 Å². The highest BCUT2D eigenvalue weighted by Gasteiger charge is 2.32. The Bertz CT molecular complexity index is 1150. The fraction of sp³-hybridized carbons (Fsp3) is 0.333. The van der Waals surface area contributed by atoms with Crippen molar-refractivity contribution in [1.29, 1.82) is 0 Å². The van der Waals surface area contributed by atoms with Crippen molar-refractivity contribution >= 4 is 5.91 Å². The summed E-state index contributed by atoms with van der Waals surface area (Å²) in [4.78, 5) is 34.9. The zero-order valence-corrected chi connectivity index (χ0v) is 16.6. The minimum atomic E-state index is -0.635. The monoisotopic (exact) mass is 412 g/mol. The second-order valence-corrected chi connectivity index (χ2v) is 7.34. The second-order valence-electron chi connectivity index (χ2n) is 7.34. The molecule has 8 nitrogen and oxygen atoms in total. The maximum absolute atomic E-state index is 13.1. The lowest BCUT2D eigenvalue weighted by Gasteiger charge is -2.24. The number of hydrogen-bond donors (Lipinski definition) is 1. The Kier molecular flexibility index (Phi) is 5.11. The maximum atomic E-state index is 13.1. The number of hydrogen-bond acceptors (Lipinski definition) is 6. The van der Waals surface area contributed by atoms with Gasteiger partial charge in [-0.25, -0.2) is 14.4 Å². The first kappa shape index (κ1) is 19.8. The van der Waals surface area contributed by atoms with Crippen LogP contribution in [-0.2, 0) is 18.3 Å². The number of benzene rings is 1. The largest absolute Gasteiger partial charge is 0.501 e. The molecule has 1 fully saturated rings. The molecule has 0 spiro atoms. The van der Waals surface area contributed by atoms with Crippen molar-refractivity contribution in [1.82, 2.24) is 19.4 Å². The van der Waals surface area contributed by atoms with Gasteiger partial charge in [0.25, 0.3) is 5.56 Å². The van der Waals surface area contributed by atoms with Crippen molar-refractivity contribution in [2.45, 2.75) is 32.2 Å². The predicted octanol–water partition coefficient (Wildman–Crippen LogP) is 2.55. The third-order valence-electron chi connectivity index (χ3n) is 5.30. The maximum Gasteiger partial charge on any atom is 0.296 e. The van der Waals surface area contributed by atoms with Crippen LogP contribution in [0.5, 0.6) is 5.75 Å². The fourth-order valence-electron chi connectivity index (χ4n) is 3.77.